The van der Waals surface area contributed by atoms with Crippen LogP contribution >= 0.6 is 0 Å². The van der Waals surface area contributed by atoms with E-state index in [0.717, 1.165) is 10.5 Å². The molecule has 0 aromatic rings. The summed E-state index contributed by atoms with van der Waals surface area (Å²) in [5.74, 6) is 0. The van der Waals surface area contributed by atoms with Crippen LogP contribution in [0.5, 0.6) is 0 Å². The first kappa shape index (κ1) is 29.4. The third kappa shape index (κ3) is 22.4. The molecule has 0 N–H and O–H groups in total. The van der Waals surface area contributed by atoms with Gasteiger partial charge in [-0.2, -0.15) is 0 Å². The number of rotatable bonds is 2. The molecular formula is C8H21OPtSi2-3. The van der Waals surface area contributed by atoms with E-state index < -0.39 is 8.32 Å². The maximum absolute atomic E-state index is 5.25. The molecule has 0 aromatic carbocycles. The third-order valence-electron chi connectivity index (χ3n) is 1.02. The molecule has 0 aliphatic rings. The molecule has 4 heteroatoms. The van der Waals surface area contributed by atoms with Crippen molar-refractivity contribution in [2.24, 2.45) is 0 Å². The van der Waals surface area contributed by atoms with Crippen LogP contribution in [0, 0.1) is 21.4 Å². The summed E-state index contributed by atoms with van der Waals surface area (Å²) < 4.78 is 5.25. The van der Waals surface area contributed by atoms with E-state index >= 15 is 0 Å². The van der Waals surface area contributed by atoms with Gasteiger partial charge in [-0.3, -0.25) is 6.58 Å². The van der Waals surface area contributed by atoms with Crippen LogP contribution in [0.3, 0.4) is 0 Å². The van der Waals surface area contributed by atoms with Crippen molar-refractivity contribution in [1.29, 1.82) is 0 Å². The molecule has 0 rings (SSSR count). The van der Waals surface area contributed by atoms with Crippen molar-refractivity contribution in [1.82, 2.24) is 0 Å². The van der Waals surface area contributed by atoms with Gasteiger partial charge in [0, 0.05) is 21.1 Å². The minimum atomic E-state index is -1.33. The van der Waals surface area contributed by atoms with Crippen LogP contribution in [0.2, 0.25) is 13.1 Å². The Morgan fingerprint density at radius 3 is 1.58 bits per heavy atom. The Bertz CT molecular complexity index is 87.1. The van der Waals surface area contributed by atoms with Crippen LogP contribution in [0.4, 0.5) is 0 Å². The molecule has 0 spiro atoms. The predicted octanol–water partition coefficient (Wildman–Crippen LogP) is 1.72. The van der Waals surface area contributed by atoms with Crippen molar-refractivity contribution < 1.29 is 25.2 Å². The summed E-state index contributed by atoms with van der Waals surface area (Å²) in [5, 5.41) is 0. The van der Waals surface area contributed by atoms with Gasteiger partial charge < -0.3 is 25.5 Å². The minimum Gasteiger partial charge on any atom is -0.521 e. The normalized spacial score (nSPS) is 7.17. The Labute approximate surface area is 97.2 Å². The van der Waals surface area contributed by atoms with Gasteiger partial charge in [-0.25, -0.2) is 0 Å². The summed E-state index contributed by atoms with van der Waals surface area (Å²) in [5.41, 5.74) is 1.94. The van der Waals surface area contributed by atoms with Gasteiger partial charge in [0.25, 0.3) is 0 Å². The largest absolute Gasteiger partial charge is 0.521 e. The van der Waals surface area contributed by atoms with E-state index in [-0.39, 0.29) is 35.9 Å². The molecule has 12 heavy (non-hydrogen) atoms. The SMILES string of the molecule is C=C[Si](C)(C)O[SiH3].[CH-]=C.[CH3-].[CH3-].[Pt]. The maximum atomic E-state index is 5.25. The molecule has 0 aliphatic carbocycles. The van der Waals surface area contributed by atoms with Gasteiger partial charge in [0.1, 0.15) is 10.5 Å². The van der Waals surface area contributed by atoms with Gasteiger partial charge in [0.15, 0.2) is 8.32 Å². The van der Waals surface area contributed by atoms with E-state index in [4.69, 9.17) is 4.12 Å². The second-order valence-electron chi connectivity index (χ2n) is 2.01. The van der Waals surface area contributed by atoms with Gasteiger partial charge in [0.2, 0.25) is 0 Å². The minimum absolute atomic E-state index is 0. The van der Waals surface area contributed by atoms with Crippen LogP contribution in [0.1, 0.15) is 0 Å². The molecule has 0 fully saturated rings. The summed E-state index contributed by atoms with van der Waals surface area (Å²) in [6.07, 6.45) is 0. The van der Waals surface area contributed by atoms with Crippen molar-refractivity contribution >= 4 is 18.8 Å². The first-order chi connectivity index (χ1) is 4.12. The van der Waals surface area contributed by atoms with E-state index in [2.05, 4.69) is 32.8 Å². The van der Waals surface area contributed by atoms with Gasteiger partial charge in [-0.05, 0) is 13.1 Å². The average Bonchev–Trinajstić information content (AvgIpc) is 1.93. The fraction of sp³-hybridized carbons (Fsp3) is 0.250. The van der Waals surface area contributed by atoms with Gasteiger partial charge in [-0.1, -0.05) is 5.70 Å². The predicted molar refractivity (Wildman–Crippen MR) is 61.5 cm³/mol. The van der Waals surface area contributed by atoms with E-state index in [1.54, 1.807) is 0 Å². The molecule has 0 saturated heterocycles. The number of hydrogen-bond acceptors (Lipinski definition) is 1. The Kier molecular flexibility index (Phi) is 43.1. The molecule has 1 nitrogen and oxygen atoms in total. The summed E-state index contributed by atoms with van der Waals surface area (Å²) in [6.45, 7) is 14.9. The molecule has 0 amide bonds. The first-order valence-corrected chi connectivity index (χ1v) is 6.52. The topological polar surface area (TPSA) is 9.23 Å². The Hall–Kier alpha value is 0.562. The van der Waals surface area contributed by atoms with Crippen molar-refractivity contribution in [3.8, 4) is 0 Å². The molecule has 0 radical (unpaired) electrons. The van der Waals surface area contributed by atoms with Crippen LogP contribution in [-0.2, 0) is 25.2 Å². The smallest absolute Gasteiger partial charge is 0.197 e. The molecule has 0 heterocycles. The molecular weight excluding hydrogens is 363 g/mol. The van der Waals surface area contributed by atoms with E-state index in [1.807, 2.05) is 5.70 Å². The standard InChI is InChI=1S/C4H12OSi2.C2H3.2CH3.Pt/c1-4-7(2,3)5-6;1-2;;;/h4H,1H2,2-3,6H3;1H,2H2;2*1H3;/q;3*-1;. The number of hydrogen-bond donors (Lipinski definition) is 0. The zero-order chi connectivity index (χ0) is 7.91. The van der Waals surface area contributed by atoms with Crippen molar-refractivity contribution in [3.63, 3.8) is 0 Å². The average molecular weight is 385 g/mol. The molecule has 0 aliphatic heterocycles. The molecule has 0 saturated carbocycles. The molecule has 0 atom stereocenters. The second kappa shape index (κ2) is 17.6. The van der Waals surface area contributed by atoms with Crippen molar-refractivity contribution in [2.75, 3.05) is 0 Å². The fourth-order valence-corrected chi connectivity index (χ4v) is 0.750. The van der Waals surface area contributed by atoms with E-state index in [9.17, 15) is 0 Å². The van der Waals surface area contributed by atoms with Crippen LogP contribution in [0.15, 0.2) is 18.9 Å². The molecule has 0 bridgehead atoms. The zero-order valence-electron chi connectivity index (χ0n) is 8.79. The first-order valence-electron chi connectivity index (χ1n) is 2.72. The summed E-state index contributed by atoms with van der Waals surface area (Å²) >= 11 is 0. The molecule has 0 aromatic heterocycles. The monoisotopic (exact) mass is 384 g/mol. The van der Waals surface area contributed by atoms with Crippen molar-refractivity contribution in [2.45, 2.75) is 13.1 Å². The Balaban J connectivity index is -0.0000000303. The second-order valence-corrected chi connectivity index (χ2v) is 7.26. The van der Waals surface area contributed by atoms with E-state index in [1.165, 1.54) is 0 Å². The van der Waals surface area contributed by atoms with E-state index in [0.29, 0.717) is 0 Å². The van der Waals surface area contributed by atoms with Crippen molar-refractivity contribution in [3.05, 3.63) is 40.3 Å². The van der Waals surface area contributed by atoms with Crippen LogP contribution in [-0.4, -0.2) is 18.8 Å². The summed E-state index contributed by atoms with van der Waals surface area (Å²) in [7, 11) is -0.478. The van der Waals surface area contributed by atoms with Gasteiger partial charge >= 0.3 is 0 Å². The van der Waals surface area contributed by atoms with Crippen LogP contribution < -0.4 is 0 Å². The van der Waals surface area contributed by atoms with Gasteiger partial charge in [0.05, 0.1) is 0 Å². The Morgan fingerprint density at radius 1 is 1.33 bits per heavy atom. The maximum Gasteiger partial charge on any atom is 0.197 e. The molecule has 80 valence electrons. The quantitative estimate of drug-likeness (QED) is 0.520. The third-order valence-corrected chi connectivity index (χ3v) is 6.21. The summed E-state index contributed by atoms with van der Waals surface area (Å²) in [4.78, 5) is 0. The van der Waals surface area contributed by atoms with Crippen LogP contribution in [0.25, 0.3) is 0 Å². The molecule has 0 unspecified atom stereocenters. The fourth-order valence-electron chi connectivity index (χ4n) is 0.0833. The van der Waals surface area contributed by atoms with Gasteiger partial charge in [-0.15, -0.1) is 6.58 Å². The zero-order valence-corrected chi connectivity index (χ0v) is 14.1. The Morgan fingerprint density at radius 2 is 1.58 bits per heavy atom. The summed E-state index contributed by atoms with van der Waals surface area (Å²) in [6, 6.07) is 0.